The normalized spacial score (nSPS) is 15.3. The fourth-order valence-electron chi connectivity index (χ4n) is 6.46. The number of fused-ring (bicyclic) bond motifs is 2. The minimum Gasteiger partial charge on any atom is -0.453 e. The van der Waals surface area contributed by atoms with Gasteiger partial charge in [-0.3, -0.25) is 15.3 Å². The van der Waals surface area contributed by atoms with Crippen molar-refractivity contribution >= 4 is 33.4 Å². The quantitative estimate of drug-likeness (QED) is 0.164. The number of pyridine rings is 3. The molecule has 6 aromatic rings. The molecule has 1 aliphatic heterocycles. The van der Waals surface area contributed by atoms with Crippen molar-refractivity contribution in [3.8, 4) is 22.5 Å². The number of likely N-dealkylation sites (tertiary alicyclic amines) is 1. The van der Waals surface area contributed by atoms with Gasteiger partial charge in [-0.1, -0.05) is 30.3 Å². The van der Waals surface area contributed by atoms with E-state index in [4.69, 9.17) is 14.8 Å². The van der Waals surface area contributed by atoms with Crippen molar-refractivity contribution in [1.29, 1.82) is 5.41 Å². The Morgan fingerprint density at radius 3 is 2.61 bits per heavy atom. The summed E-state index contributed by atoms with van der Waals surface area (Å²) in [4.78, 5) is 11.6. The Morgan fingerprint density at radius 1 is 1.04 bits per heavy atom. The van der Waals surface area contributed by atoms with Crippen LogP contribution in [0.4, 0.5) is 15.9 Å². The largest absolute Gasteiger partial charge is 0.453 e. The maximum Gasteiger partial charge on any atom is 0.182 e. The third-order valence-electron chi connectivity index (χ3n) is 8.89. The van der Waals surface area contributed by atoms with Crippen molar-refractivity contribution in [2.45, 2.75) is 39.5 Å². The topological polar surface area (TPSA) is 123 Å². The SMILES string of the molecule is Cc1c(Nc2nccc3cc(CN4CC[C@@H](O)C4)cnc23)cccc1-c1cccc(-c2cc3c(=N)n(CCO)cc(F)c3o2)c1C. The lowest BCUT2D eigenvalue weighted by atomic mass is 9.92. The molecule has 1 fully saturated rings. The van der Waals surface area contributed by atoms with Crippen LogP contribution < -0.4 is 10.8 Å². The summed E-state index contributed by atoms with van der Waals surface area (Å²) in [5.74, 6) is 0.565. The molecule has 234 valence electrons. The van der Waals surface area contributed by atoms with Gasteiger partial charge in [0.2, 0.25) is 0 Å². The summed E-state index contributed by atoms with van der Waals surface area (Å²) in [7, 11) is 0. The summed E-state index contributed by atoms with van der Waals surface area (Å²) < 4.78 is 22.3. The van der Waals surface area contributed by atoms with Gasteiger partial charge in [-0.2, -0.15) is 0 Å². The van der Waals surface area contributed by atoms with Crippen molar-refractivity contribution in [2.24, 2.45) is 0 Å². The van der Waals surface area contributed by atoms with E-state index in [1.807, 2.05) is 43.5 Å². The maximum absolute atomic E-state index is 14.9. The van der Waals surface area contributed by atoms with Crippen LogP contribution in [0.15, 0.2) is 77.6 Å². The number of hydrogen-bond donors (Lipinski definition) is 4. The molecule has 1 saturated heterocycles. The molecule has 46 heavy (non-hydrogen) atoms. The zero-order valence-electron chi connectivity index (χ0n) is 25.7. The second-order valence-corrected chi connectivity index (χ2v) is 11.9. The van der Waals surface area contributed by atoms with E-state index in [0.717, 1.165) is 69.5 Å². The molecule has 0 aliphatic carbocycles. The van der Waals surface area contributed by atoms with E-state index in [0.29, 0.717) is 23.5 Å². The number of halogens is 1. The van der Waals surface area contributed by atoms with Crippen LogP contribution in [0.5, 0.6) is 0 Å². The van der Waals surface area contributed by atoms with Gasteiger partial charge >= 0.3 is 0 Å². The molecule has 5 heterocycles. The average Bonchev–Trinajstić information content (AvgIpc) is 3.68. The molecular weight excluding hydrogens is 583 g/mol. The molecule has 1 aliphatic rings. The van der Waals surface area contributed by atoms with Gasteiger partial charge in [0.1, 0.15) is 16.8 Å². The highest BCUT2D eigenvalue weighted by Crippen LogP contribution is 2.38. The number of anilines is 2. The van der Waals surface area contributed by atoms with Crippen molar-refractivity contribution < 1.29 is 19.0 Å². The third-order valence-corrected chi connectivity index (χ3v) is 8.89. The lowest BCUT2D eigenvalue weighted by Crippen LogP contribution is -2.21. The zero-order valence-corrected chi connectivity index (χ0v) is 25.7. The van der Waals surface area contributed by atoms with Crippen molar-refractivity contribution in [3.05, 3.63) is 101 Å². The molecule has 0 bridgehead atoms. The molecule has 10 heteroatoms. The molecular formula is C36H35FN6O3. The number of aliphatic hydroxyl groups is 2. The first-order valence-corrected chi connectivity index (χ1v) is 15.4. The standard InChI is InChI=1S/C36H35FN6O3/c1-21-26(5-3-7-28(21)32-16-29-34(46-32)30(37)20-43(13-14-44)35(29)38)27-6-4-8-31(22(27)2)41-36-33-24(9-11-39-36)15-23(17-40-33)18-42-12-10-25(45)19-42/h3-9,11,15-17,20,25,38,44-45H,10,12-14,18-19H2,1-2H3,(H,39,41)/t25-/m1/s1. The first-order valence-electron chi connectivity index (χ1n) is 15.4. The molecule has 0 spiro atoms. The third kappa shape index (κ3) is 5.44. The second-order valence-electron chi connectivity index (χ2n) is 11.9. The number of nitrogens with zero attached hydrogens (tertiary/aromatic N) is 4. The number of aromatic nitrogens is 3. The molecule has 1 atom stereocenters. The highest BCUT2D eigenvalue weighted by molar-refractivity contribution is 5.91. The van der Waals surface area contributed by atoms with Gasteiger partial charge in [0.15, 0.2) is 17.2 Å². The smallest absolute Gasteiger partial charge is 0.182 e. The van der Waals surface area contributed by atoms with Gasteiger partial charge in [-0.15, -0.1) is 0 Å². The fourth-order valence-corrected chi connectivity index (χ4v) is 6.46. The van der Waals surface area contributed by atoms with Crippen LogP contribution in [-0.4, -0.2) is 55.4 Å². The molecule has 0 unspecified atom stereocenters. The number of aliphatic hydroxyl groups excluding tert-OH is 2. The Labute approximate surface area is 265 Å². The van der Waals surface area contributed by atoms with Gasteiger partial charge in [0, 0.05) is 61.4 Å². The lowest BCUT2D eigenvalue weighted by Gasteiger charge is -2.17. The summed E-state index contributed by atoms with van der Waals surface area (Å²) in [6.07, 6.45) is 5.42. The minimum atomic E-state index is -0.576. The number of rotatable bonds is 8. The van der Waals surface area contributed by atoms with E-state index in [1.165, 1.54) is 10.8 Å². The van der Waals surface area contributed by atoms with Crippen molar-refractivity contribution in [3.63, 3.8) is 0 Å². The molecule has 0 saturated carbocycles. The summed E-state index contributed by atoms with van der Waals surface area (Å²) in [6, 6.07) is 17.8. The number of nitrogens with one attached hydrogen (secondary N) is 2. The highest BCUT2D eigenvalue weighted by Gasteiger charge is 2.21. The van der Waals surface area contributed by atoms with Crippen LogP contribution in [0.1, 0.15) is 23.1 Å². The lowest BCUT2D eigenvalue weighted by molar-refractivity contribution is 0.175. The van der Waals surface area contributed by atoms with Crippen LogP contribution in [0, 0.1) is 25.1 Å². The van der Waals surface area contributed by atoms with Gasteiger partial charge in [0.25, 0.3) is 0 Å². The molecule has 4 aromatic heterocycles. The predicted molar refractivity (Wildman–Crippen MR) is 176 cm³/mol. The Bertz CT molecular complexity index is 2160. The van der Waals surface area contributed by atoms with Gasteiger partial charge in [0.05, 0.1) is 18.1 Å². The summed E-state index contributed by atoms with van der Waals surface area (Å²) >= 11 is 0. The zero-order chi connectivity index (χ0) is 31.9. The Morgan fingerprint density at radius 2 is 1.83 bits per heavy atom. The molecule has 0 amide bonds. The second kappa shape index (κ2) is 12.1. The van der Waals surface area contributed by atoms with E-state index in [-0.39, 0.29) is 30.3 Å². The first-order chi connectivity index (χ1) is 22.3. The monoisotopic (exact) mass is 618 g/mol. The van der Waals surface area contributed by atoms with Crippen LogP contribution in [-0.2, 0) is 13.1 Å². The van der Waals surface area contributed by atoms with Crippen molar-refractivity contribution in [1.82, 2.24) is 19.4 Å². The van der Waals surface area contributed by atoms with E-state index in [9.17, 15) is 14.6 Å². The van der Waals surface area contributed by atoms with E-state index >= 15 is 0 Å². The summed E-state index contributed by atoms with van der Waals surface area (Å²) in [5, 5.41) is 32.6. The Balaban J connectivity index is 1.21. The number of β-amino-alcohol motifs (C(OH)–C–C–N with tert-alkyl or cyclic N) is 1. The first kappa shape index (κ1) is 29.8. The highest BCUT2D eigenvalue weighted by atomic mass is 19.1. The van der Waals surface area contributed by atoms with E-state index in [2.05, 4.69) is 40.3 Å². The number of benzene rings is 2. The van der Waals surface area contributed by atoms with Crippen molar-refractivity contribution in [2.75, 3.05) is 25.0 Å². The molecule has 4 N–H and O–H groups in total. The number of furan rings is 1. The van der Waals surface area contributed by atoms with Gasteiger partial charge in [-0.25, -0.2) is 9.37 Å². The van der Waals surface area contributed by atoms with Crippen LogP contribution >= 0.6 is 0 Å². The van der Waals surface area contributed by atoms with E-state index < -0.39 is 5.82 Å². The summed E-state index contributed by atoms with van der Waals surface area (Å²) in [5.41, 5.74) is 7.71. The molecule has 9 nitrogen and oxygen atoms in total. The Hall–Kier alpha value is -4.90. The molecule has 0 radical (unpaired) electrons. The van der Waals surface area contributed by atoms with Gasteiger partial charge in [-0.05, 0) is 72.4 Å². The molecule has 2 aromatic carbocycles. The van der Waals surface area contributed by atoms with Crippen LogP contribution in [0.25, 0.3) is 44.3 Å². The summed E-state index contributed by atoms with van der Waals surface area (Å²) in [6.45, 7) is 6.33. The van der Waals surface area contributed by atoms with Crippen LogP contribution in [0.2, 0.25) is 0 Å². The fraction of sp³-hybridized carbons (Fsp3) is 0.250. The molecule has 7 rings (SSSR count). The Kier molecular flexibility index (Phi) is 7.85. The van der Waals surface area contributed by atoms with Gasteiger partial charge < -0.3 is 24.5 Å². The minimum absolute atomic E-state index is 0.0273. The van der Waals surface area contributed by atoms with Crippen LogP contribution in [0.3, 0.4) is 0 Å². The number of hydrogen-bond acceptors (Lipinski definition) is 8. The maximum atomic E-state index is 14.9. The predicted octanol–water partition coefficient (Wildman–Crippen LogP) is 6.05. The van der Waals surface area contributed by atoms with E-state index in [1.54, 1.807) is 12.3 Å². The average molecular weight is 619 g/mol.